The van der Waals surface area contributed by atoms with Crippen LogP contribution in [0.5, 0.6) is 0 Å². The van der Waals surface area contributed by atoms with Crippen molar-refractivity contribution < 1.29 is 0 Å². The van der Waals surface area contributed by atoms with Gasteiger partial charge in [-0.05, 0) is 27.1 Å². The van der Waals surface area contributed by atoms with Crippen LogP contribution in [0, 0.1) is 0 Å². The highest BCUT2D eigenvalue weighted by Crippen LogP contribution is 2.06. The molecular formula is C8H17N3S. The van der Waals surface area contributed by atoms with Crippen molar-refractivity contribution in [2.45, 2.75) is 6.42 Å². The van der Waals surface area contributed by atoms with Crippen LogP contribution in [0.1, 0.15) is 6.42 Å². The Morgan fingerprint density at radius 2 is 2.42 bits per heavy atom. The monoisotopic (exact) mass is 187 g/mol. The van der Waals surface area contributed by atoms with Gasteiger partial charge >= 0.3 is 0 Å². The lowest BCUT2D eigenvalue weighted by Crippen LogP contribution is -2.17. The third kappa shape index (κ3) is 3.97. The van der Waals surface area contributed by atoms with E-state index >= 15 is 0 Å². The molecule has 1 rings (SSSR count). The molecule has 0 fully saturated rings. The van der Waals surface area contributed by atoms with Gasteiger partial charge in [0.15, 0.2) is 5.17 Å². The van der Waals surface area contributed by atoms with E-state index in [2.05, 4.69) is 29.3 Å². The first-order chi connectivity index (χ1) is 5.79. The Hall–Kier alpha value is -0.220. The molecule has 1 aliphatic rings. The van der Waals surface area contributed by atoms with Crippen molar-refractivity contribution in [3.05, 3.63) is 0 Å². The van der Waals surface area contributed by atoms with E-state index in [9.17, 15) is 0 Å². The Labute approximate surface area is 78.6 Å². The Morgan fingerprint density at radius 1 is 1.58 bits per heavy atom. The van der Waals surface area contributed by atoms with Gasteiger partial charge in [-0.3, -0.25) is 4.99 Å². The largest absolute Gasteiger partial charge is 0.363 e. The Kier molecular flexibility index (Phi) is 4.46. The molecule has 0 aromatic heterocycles. The fraction of sp³-hybridized carbons (Fsp3) is 0.875. The van der Waals surface area contributed by atoms with E-state index in [-0.39, 0.29) is 0 Å². The van der Waals surface area contributed by atoms with Crippen LogP contribution in [-0.2, 0) is 0 Å². The molecule has 1 heterocycles. The highest BCUT2D eigenvalue weighted by molar-refractivity contribution is 8.13. The summed E-state index contributed by atoms with van der Waals surface area (Å²) in [5, 5.41) is 4.38. The van der Waals surface area contributed by atoms with Crippen molar-refractivity contribution in [1.82, 2.24) is 10.2 Å². The molecule has 1 N–H and O–H groups in total. The fourth-order valence-corrected chi connectivity index (χ4v) is 1.88. The van der Waals surface area contributed by atoms with Crippen molar-refractivity contribution in [3.63, 3.8) is 0 Å². The summed E-state index contributed by atoms with van der Waals surface area (Å²) in [4.78, 5) is 6.52. The van der Waals surface area contributed by atoms with Gasteiger partial charge in [-0.1, -0.05) is 11.8 Å². The van der Waals surface area contributed by atoms with E-state index < -0.39 is 0 Å². The number of nitrogens with zero attached hydrogens (tertiary/aromatic N) is 2. The second-order valence-corrected chi connectivity index (χ2v) is 4.20. The summed E-state index contributed by atoms with van der Waals surface area (Å²) < 4.78 is 0. The van der Waals surface area contributed by atoms with Gasteiger partial charge in [-0.15, -0.1) is 0 Å². The summed E-state index contributed by atoms with van der Waals surface area (Å²) in [5.41, 5.74) is 0. The molecule has 1 aliphatic heterocycles. The van der Waals surface area contributed by atoms with E-state index in [0.29, 0.717) is 0 Å². The molecule has 0 aliphatic carbocycles. The molecule has 12 heavy (non-hydrogen) atoms. The number of amidine groups is 1. The lowest BCUT2D eigenvalue weighted by Gasteiger charge is -2.08. The average molecular weight is 187 g/mol. The summed E-state index contributed by atoms with van der Waals surface area (Å²) in [7, 11) is 4.21. The number of aliphatic imine (C=N–C) groups is 1. The summed E-state index contributed by atoms with van der Waals surface area (Å²) in [6.45, 7) is 3.15. The SMILES string of the molecule is CN(C)CCCSC1=NCCN1. The van der Waals surface area contributed by atoms with E-state index in [4.69, 9.17) is 0 Å². The first-order valence-corrected chi connectivity index (χ1v) is 5.33. The van der Waals surface area contributed by atoms with Crippen LogP contribution in [0.3, 0.4) is 0 Å². The highest BCUT2D eigenvalue weighted by atomic mass is 32.2. The quantitative estimate of drug-likeness (QED) is 0.654. The van der Waals surface area contributed by atoms with Gasteiger partial charge in [-0.2, -0.15) is 0 Å². The number of nitrogens with one attached hydrogen (secondary N) is 1. The number of hydrogen-bond acceptors (Lipinski definition) is 4. The molecule has 70 valence electrons. The van der Waals surface area contributed by atoms with Crippen LogP contribution in [0.15, 0.2) is 4.99 Å². The topological polar surface area (TPSA) is 27.6 Å². The summed E-state index contributed by atoms with van der Waals surface area (Å²) in [6, 6.07) is 0. The van der Waals surface area contributed by atoms with Gasteiger partial charge in [0, 0.05) is 12.3 Å². The maximum atomic E-state index is 4.31. The van der Waals surface area contributed by atoms with Crippen molar-refractivity contribution in [2.24, 2.45) is 4.99 Å². The molecule has 0 atom stereocenters. The first-order valence-electron chi connectivity index (χ1n) is 4.35. The standard InChI is InChI=1S/C8H17N3S/c1-11(2)6-3-7-12-8-9-4-5-10-8/h3-7H2,1-2H3,(H,9,10). The first kappa shape index (κ1) is 9.86. The molecule has 0 bridgehead atoms. The molecule has 0 aromatic rings. The predicted molar refractivity (Wildman–Crippen MR) is 55.9 cm³/mol. The molecular weight excluding hydrogens is 170 g/mol. The zero-order valence-electron chi connectivity index (χ0n) is 7.84. The van der Waals surface area contributed by atoms with Crippen LogP contribution in [0.4, 0.5) is 0 Å². The highest BCUT2D eigenvalue weighted by Gasteiger charge is 2.04. The average Bonchev–Trinajstić information content (AvgIpc) is 2.49. The molecule has 3 nitrogen and oxygen atoms in total. The lowest BCUT2D eigenvalue weighted by molar-refractivity contribution is 0.410. The summed E-state index contributed by atoms with van der Waals surface area (Å²) in [6.07, 6.45) is 1.23. The molecule has 0 spiro atoms. The minimum absolute atomic E-state index is 0.954. The number of hydrogen-bond donors (Lipinski definition) is 1. The second kappa shape index (κ2) is 5.43. The zero-order chi connectivity index (χ0) is 8.81. The maximum Gasteiger partial charge on any atom is 0.156 e. The predicted octanol–water partition coefficient (Wildman–Crippen LogP) is 0.630. The van der Waals surface area contributed by atoms with Crippen LogP contribution < -0.4 is 5.32 Å². The lowest BCUT2D eigenvalue weighted by atomic mass is 10.5. The van der Waals surface area contributed by atoms with Crippen LogP contribution in [0.25, 0.3) is 0 Å². The van der Waals surface area contributed by atoms with Gasteiger partial charge in [0.25, 0.3) is 0 Å². The molecule has 0 amide bonds. The fourth-order valence-electron chi connectivity index (χ4n) is 1.02. The molecule has 0 aromatic carbocycles. The minimum Gasteiger partial charge on any atom is -0.363 e. The summed E-state index contributed by atoms with van der Waals surface area (Å²) in [5.74, 6) is 1.17. The van der Waals surface area contributed by atoms with Crippen molar-refractivity contribution >= 4 is 16.9 Å². The van der Waals surface area contributed by atoms with E-state index in [1.807, 2.05) is 11.8 Å². The third-order valence-corrected chi connectivity index (χ3v) is 2.67. The molecule has 0 saturated heterocycles. The molecule has 0 radical (unpaired) electrons. The van der Waals surface area contributed by atoms with Gasteiger partial charge in [-0.25, -0.2) is 0 Å². The smallest absolute Gasteiger partial charge is 0.156 e. The van der Waals surface area contributed by atoms with Crippen molar-refractivity contribution in [3.8, 4) is 0 Å². The van der Waals surface area contributed by atoms with Crippen LogP contribution >= 0.6 is 11.8 Å². The molecule has 0 saturated carbocycles. The van der Waals surface area contributed by atoms with Gasteiger partial charge in [0.1, 0.15) is 0 Å². The van der Waals surface area contributed by atoms with Crippen molar-refractivity contribution in [2.75, 3.05) is 39.5 Å². The Balaban J connectivity index is 1.95. The van der Waals surface area contributed by atoms with E-state index in [1.165, 1.54) is 18.7 Å². The zero-order valence-corrected chi connectivity index (χ0v) is 8.65. The van der Waals surface area contributed by atoms with Crippen LogP contribution in [-0.4, -0.2) is 49.6 Å². The van der Waals surface area contributed by atoms with E-state index in [0.717, 1.165) is 18.3 Å². The number of thioether (sulfide) groups is 1. The molecule has 4 heteroatoms. The van der Waals surface area contributed by atoms with E-state index in [1.54, 1.807) is 0 Å². The number of rotatable bonds is 4. The summed E-state index contributed by atoms with van der Waals surface area (Å²) >= 11 is 1.84. The van der Waals surface area contributed by atoms with Gasteiger partial charge in [0.05, 0.1) is 6.54 Å². The second-order valence-electron chi connectivity index (χ2n) is 3.12. The van der Waals surface area contributed by atoms with Crippen LogP contribution in [0.2, 0.25) is 0 Å². The van der Waals surface area contributed by atoms with Crippen molar-refractivity contribution in [1.29, 1.82) is 0 Å². The van der Waals surface area contributed by atoms with Gasteiger partial charge < -0.3 is 10.2 Å². The third-order valence-electron chi connectivity index (χ3n) is 1.63. The minimum atomic E-state index is 0.954. The van der Waals surface area contributed by atoms with Gasteiger partial charge in [0.2, 0.25) is 0 Å². The Bertz CT molecular complexity index is 156. The Morgan fingerprint density at radius 3 is 3.00 bits per heavy atom. The maximum absolute atomic E-state index is 4.31. The molecule has 0 unspecified atom stereocenters. The normalized spacial score (nSPS) is 16.4.